The Bertz CT molecular complexity index is 1300. The standard InChI is InChI=1S/C22H22F2N8O3/c23-22(24,18-7-3-4-9-32(18)35)13-28-20-21(34)30(10-8-26-20)12-19(33)27-11-16-5-1-2-6-17(16)31-15-25-14-29-31/h1-8,10,14-15,35H,9,11-13H2,(H,26,28)(H,27,33). The van der Waals surface area contributed by atoms with E-state index in [2.05, 4.69) is 25.7 Å². The Kier molecular flexibility index (Phi) is 6.96. The van der Waals surface area contributed by atoms with Crippen molar-refractivity contribution < 1.29 is 18.8 Å². The zero-order chi connectivity index (χ0) is 24.8. The molecule has 3 aromatic rings. The summed E-state index contributed by atoms with van der Waals surface area (Å²) in [6, 6.07) is 7.30. The molecule has 3 heterocycles. The van der Waals surface area contributed by atoms with Crippen LogP contribution in [0.25, 0.3) is 5.69 Å². The van der Waals surface area contributed by atoms with Crippen LogP contribution >= 0.6 is 0 Å². The van der Waals surface area contributed by atoms with Crippen molar-refractivity contribution in [2.75, 3.05) is 18.4 Å². The van der Waals surface area contributed by atoms with Gasteiger partial charge in [-0.2, -0.15) is 13.9 Å². The molecule has 4 rings (SSSR count). The predicted molar refractivity (Wildman–Crippen MR) is 121 cm³/mol. The van der Waals surface area contributed by atoms with E-state index in [0.717, 1.165) is 21.9 Å². The number of hydroxylamine groups is 2. The smallest absolute Gasteiger partial charge is 0.306 e. The molecule has 11 nitrogen and oxygen atoms in total. The zero-order valence-corrected chi connectivity index (χ0v) is 18.4. The maximum atomic E-state index is 14.5. The maximum Gasteiger partial charge on any atom is 0.306 e. The molecule has 1 aliphatic rings. The van der Waals surface area contributed by atoms with Crippen molar-refractivity contribution in [2.45, 2.75) is 19.0 Å². The van der Waals surface area contributed by atoms with Gasteiger partial charge in [-0.05, 0) is 17.7 Å². The van der Waals surface area contributed by atoms with Gasteiger partial charge in [0.1, 0.15) is 24.9 Å². The fourth-order valence-electron chi connectivity index (χ4n) is 3.41. The van der Waals surface area contributed by atoms with Gasteiger partial charge >= 0.3 is 5.92 Å². The van der Waals surface area contributed by atoms with Gasteiger partial charge in [-0.25, -0.2) is 14.6 Å². The number of rotatable bonds is 9. The van der Waals surface area contributed by atoms with Gasteiger partial charge in [0.05, 0.1) is 18.8 Å². The van der Waals surface area contributed by atoms with Crippen LogP contribution in [0.5, 0.6) is 0 Å². The monoisotopic (exact) mass is 484 g/mol. The quantitative estimate of drug-likeness (QED) is 0.415. The van der Waals surface area contributed by atoms with Crippen molar-refractivity contribution in [1.29, 1.82) is 0 Å². The van der Waals surface area contributed by atoms with Crippen molar-refractivity contribution >= 4 is 11.7 Å². The number of alkyl halides is 2. The molecular weight excluding hydrogens is 462 g/mol. The number of hydrogen-bond donors (Lipinski definition) is 3. The lowest BCUT2D eigenvalue weighted by Crippen LogP contribution is -2.40. The first-order valence-corrected chi connectivity index (χ1v) is 10.6. The van der Waals surface area contributed by atoms with Gasteiger partial charge in [0.25, 0.3) is 5.56 Å². The van der Waals surface area contributed by atoms with Crippen LogP contribution in [0.4, 0.5) is 14.6 Å². The first-order chi connectivity index (χ1) is 16.8. The summed E-state index contributed by atoms with van der Waals surface area (Å²) in [5, 5.41) is 19.3. The first-order valence-electron chi connectivity index (χ1n) is 10.6. The third-order valence-electron chi connectivity index (χ3n) is 5.16. The summed E-state index contributed by atoms with van der Waals surface area (Å²) in [5.41, 5.74) is 0.181. The van der Waals surface area contributed by atoms with Crippen LogP contribution in [0.15, 0.2) is 78.0 Å². The summed E-state index contributed by atoms with van der Waals surface area (Å²) in [6.07, 6.45) is 9.47. The predicted octanol–water partition coefficient (Wildman–Crippen LogP) is 1.33. The molecule has 0 radical (unpaired) electrons. The SMILES string of the molecule is O=C(Cn1ccnc(NCC(F)(F)C2=CC=CCN2O)c1=O)NCc1ccccc1-n1cncn1. The lowest BCUT2D eigenvalue weighted by molar-refractivity contribution is -0.121. The number of aromatic nitrogens is 5. The number of hydrogen-bond acceptors (Lipinski definition) is 8. The Labute approximate surface area is 198 Å². The van der Waals surface area contributed by atoms with Crippen LogP contribution in [-0.4, -0.2) is 59.5 Å². The Balaban J connectivity index is 1.39. The molecule has 1 amide bonds. The van der Waals surface area contributed by atoms with E-state index in [4.69, 9.17) is 0 Å². The van der Waals surface area contributed by atoms with Crippen molar-refractivity contribution in [2.24, 2.45) is 0 Å². The lowest BCUT2D eigenvalue weighted by atomic mass is 10.1. The Morgan fingerprint density at radius 1 is 1.26 bits per heavy atom. The molecule has 13 heteroatoms. The van der Waals surface area contributed by atoms with Crippen LogP contribution in [0.1, 0.15) is 5.56 Å². The Morgan fingerprint density at radius 3 is 2.86 bits per heavy atom. The summed E-state index contributed by atoms with van der Waals surface area (Å²) < 4.78 is 31.6. The van der Waals surface area contributed by atoms with Gasteiger partial charge in [0.15, 0.2) is 5.82 Å². The molecule has 0 unspecified atom stereocenters. The summed E-state index contributed by atoms with van der Waals surface area (Å²) in [6.45, 7) is -1.21. The number of anilines is 1. The van der Waals surface area contributed by atoms with Crippen LogP contribution in [0, 0.1) is 0 Å². The minimum absolute atomic E-state index is 0.0732. The van der Waals surface area contributed by atoms with Gasteiger partial charge in [0, 0.05) is 18.9 Å². The largest absolute Gasteiger partial charge is 0.359 e. The summed E-state index contributed by atoms with van der Waals surface area (Å²) in [7, 11) is 0. The van der Waals surface area contributed by atoms with Gasteiger partial charge in [-0.15, -0.1) is 0 Å². The van der Waals surface area contributed by atoms with Gasteiger partial charge in [-0.3, -0.25) is 19.9 Å². The van der Waals surface area contributed by atoms with E-state index in [1.54, 1.807) is 4.68 Å². The van der Waals surface area contributed by atoms with Crippen molar-refractivity contribution in [3.63, 3.8) is 0 Å². The first kappa shape index (κ1) is 23.8. The molecule has 1 aromatic carbocycles. The molecule has 0 atom stereocenters. The van der Waals surface area contributed by atoms with Crippen LogP contribution < -0.4 is 16.2 Å². The second-order valence-corrected chi connectivity index (χ2v) is 7.57. The summed E-state index contributed by atoms with van der Waals surface area (Å²) in [4.78, 5) is 32.9. The van der Waals surface area contributed by atoms with E-state index in [9.17, 15) is 23.6 Å². The number of carbonyl (C=O) groups excluding carboxylic acids is 1. The number of nitrogens with zero attached hydrogens (tertiary/aromatic N) is 6. The van der Waals surface area contributed by atoms with Gasteiger partial charge in [-0.1, -0.05) is 30.4 Å². The van der Waals surface area contributed by atoms with Crippen molar-refractivity contribution in [3.8, 4) is 5.69 Å². The highest BCUT2D eigenvalue weighted by Crippen LogP contribution is 2.28. The molecule has 0 fully saturated rings. The Hall–Kier alpha value is -4.39. The van der Waals surface area contributed by atoms with Crippen LogP contribution in [0.2, 0.25) is 0 Å². The average Bonchev–Trinajstić information content (AvgIpc) is 3.38. The number of benzene rings is 1. The van der Waals surface area contributed by atoms with Gasteiger partial charge < -0.3 is 15.2 Å². The van der Waals surface area contributed by atoms with E-state index in [1.165, 1.54) is 37.2 Å². The van der Waals surface area contributed by atoms with E-state index in [-0.39, 0.29) is 25.5 Å². The third-order valence-corrected chi connectivity index (χ3v) is 5.16. The Morgan fingerprint density at radius 2 is 2.09 bits per heavy atom. The number of halogens is 2. The molecule has 3 N–H and O–H groups in total. The number of allylic oxidation sites excluding steroid dienone is 2. The zero-order valence-electron chi connectivity index (χ0n) is 18.4. The maximum absolute atomic E-state index is 14.5. The summed E-state index contributed by atoms with van der Waals surface area (Å²) >= 11 is 0. The summed E-state index contributed by atoms with van der Waals surface area (Å²) in [5.74, 6) is -4.27. The fraction of sp³-hybridized carbons (Fsp3) is 0.227. The second-order valence-electron chi connectivity index (χ2n) is 7.57. The van der Waals surface area contributed by atoms with Crippen molar-refractivity contribution in [1.82, 2.24) is 34.7 Å². The molecule has 0 bridgehead atoms. The van der Waals surface area contributed by atoms with E-state index < -0.39 is 29.6 Å². The molecule has 1 aliphatic heterocycles. The van der Waals surface area contributed by atoms with Crippen molar-refractivity contribution in [3.05, 3.63) is 89.2 Å². The minimum Gasteiger partial charge on any atom is -0.359 e. The fourth-order valence-corrected chi connectivity index (χ4v) is 3.41. The normalized spacial score (nSPS) is 13.5. The van der Waals surface area contributed by atoms with E-state index in [1.807, 2.05) is 24.3 Å². The molecule has 35 heavy (non-hydrogen) atoms. The van der Waals surface area contributed by atoms with Crippen LogP contribution in [-0.2, 0) is 17.9 Å². The molecule has 0 saturated carbocycles. The number of amides is 1. The average molecular weight is 484 g/mol. The molecule has 0 spiro atoms. The van der Waals surface area contributed by atoms with E-state index >= 15 is 0 Å². The van der Waals surface area contributed by atoms with E-state index in [0.29, 0.717) is 5.06 Å². The lowest BCUT2D eigenvalue weighted by Gasteiger charge is -2.28. The molecule has 182 valence electrons. The highest BCUT2D eigenvalue weighted by atomic mass is 19.3. The highest BCUT2D eigenvalue weighted by Gasteiger charge is 2.38. The van der Waals surface area contributed by atoms with Crippen LogP contribution in [0.3, 0.4) is 0 Å². The number of para-hydroxylation sites is 1. The number of carbonyl (C=O) groups is 1. The minimum atomic E-state index is -3.47. The number of nitrogens with one attached hydrogen (secondary N) is 2. The topological polar surface area (TPSA) is 130 Å². The molecule has 0 saturated heterocycles. The van der Waals surface area contributed by atoms with Gasteiger partial charge in [0.2, 0.25) is 5.91 Å². The molecular formula is C22H22F2N8O3. The highest BCUT2D eigenvalue weighted by molar-refractivity contribution is 5.75. The third kappa shape index (κ3) is 5.58. The second kappa shape index (κ2) is 10.3. The molecule has 0 aliphatic carbocycles. The molecule has 2 aromatic heterocycles.